The lowest BCUT2D eigenvalue weighted by molar-refractivity contribution is -0.151. The van der Waals surface area contributed by atoms with E-state index in [-0.39, 0.29) is 29.5 Å². The Bertz CT molecular complexity index is 325. The van der Waals surface area contributed by atoms with Crippen molar-refractivity contribution in [3.63, 3.8) is 0 Å². The number of carbonyl (C=O) groups is 1. The van der Waals surface area contributed by atoms with Crippen LogP contribution in [-0.4, -0.2) is 24.8 Å². The van der Waals surface area contributed by atoms with E-state index in [1.807, 2.05) is 0 Å². The van der Waals surface area contributed by atoms with Gasteiger partial charge in [0.15, 0.2) is 0 Å². The molecule has 0 aromatic carbocycles. The first-order valence-corrected chi connectivity index (χ1v) is 6.88. The van der Waals surface area contributed by atoms with Crippen molar-refractivity contribution in [3.05, 3.63) is 0 Å². The fourth-order valence-corrected chi connectivity index (χ4v) is 4.12. The summed E-state index contributed by atoms with van der Waals surface area (Å²) in [6.07, 6.45) is 5.85. The van der Waals surface area contributed by atoms with Gasteiger partial charge in [0.2, 0.25) is 0 Å². The van der Waals surface area contributed by atoms with Crippen LogP contribution in [0.15, 0.2) is 0 Å². The summed E-state index contributed by atoms with van der Waals surface area (Å²) in [6, 6.07) is 0. The maximum absolute atomic E-state index is 11.9. The van der Waals surface area contributed by atoms with Gasteiger partial charge in [-0.15, -0.1) is 0 Å². The first-order valence-electron chi connectivity index (χ1n) is 6.88. The lowest BCUT2D eigenvalue weighted by Gasteiger charge is -2.46. The Kier molecular flexibility index (Phi) is 2.69. The van der Waals surface area contributed by atoms with Gasteiger partial charge in [0.25, 0.3) is 0 Å². The van der Waals surface area contributed by atoms with E-state index in [9.17, 15) is 4.79 Å². The molecule has 2 aliphatic carbocycles. The average Bonchev–Trinajstić information content (AvgIpc) is 2.40. The molecule has 4 unspecified atom stereocenters. The van der Waals surface area contributed by atoms with Crippen LogP contribution >= 0.6 is 0 Å². The minimum atomic E-state index is 0.0589. The van der Waals surface area contributed by atoms with Gasteiger partial charge in [0.05, 0.1) is 18.6 Å². The summed E-state index contributed by atoms with van der Waals surface area (Å²) in [5.74, 6) is 0.898. The molecule has 4 rings (SSSR count). The predicted molar refractivity (Wildman–Crippen MR) is 63.5 cm³/mol. The van der Waals surface area contributed by atoms with E-state index in [0.29, 0.717) is 5.92 Å². The molecule has 17 heavy (non-hydrogen) atoms. The van der Waals surface area contributed by atoms with Crippen LogP contribution in [0.4, 0.5) is 0 Å². The number of hydrogen-bond donors (Lipinski definition) is 0. The maximum atomic E-state index is 11.9. The number of carbonyl (C=O) groups excluding carboxylic acids is 1. The zero-order valence-corrected chi connectivity index (χ0v) is 10.8. The zero-order chi connectivity index (χ0) is 12.0. The molecule has 3 heteroatoms. The molecule has 3 nitrogen and oxygen atoms in total. The molecule has 4 atom stereocenters. The topological polar surface area (TPSA) is 35.5 Å². The number of hydrogen-bond acceptors (Lipinski definition) is 3. The van der Waals surface area contributed by atoms with Crippen molar-refractivity contribution in [2.75, 3.05) is 6.61 Å². The standard InChI is InChI=1S/C14H22O3/c1-9(2)16-8-14-5-10-3-11(6-14)13(15)17-12(4-10)7-14/h9-12H,3-8H2,1-2H3. The van der Waals surface area contributed by atoms with Crippen molar-refractivity contribution >= 4 is 5.97 Å². The van der Waals surface area contributed by atoms with E-state index in [0.717, 1.165) is 32.3 Å². The molecule has 0 aromatic rings. The number of esters is 1. The van der Waals surface area contributed by atoms with Crippen LogP contribution in [0.1, 0.15) is 46.0 Å². The highest BCUT2D eigenvalue weighted by molar-refractivity contribution is 5.73. The van der Waals surface area contributed by atoms with Crippen molar-refractivity contribution in [2.45, 2.75) is 58.2 Å². The lowest BCUT2D eigenvalue weighted by atomic mass is 9.59. The molecule has 0 aromatic heterocycles. The summed E-state index contributed by atoms with van der Waals surface area (Å²) in [5, 5.41) is 0. The molecular formula is C14H22O3. The van der Waals surface area contributed by atoms with Gasteiger partial charge in [-0.3, -0.25) is 4.79 Å². The van der Waals surface area contributed by atoms with E-state index in [2.05, 4.69) is 13.8 Å². The Morgan fingerprint density at radius 2 is 2.18 bits per heavy atom. The molecule has 4 aliphatic rings. The van der Waals surface area contributed by atoms with Crippen LogP contribution in [0, 0.1) is 17.3 Å². The van der Waals surface area contributed by atoms with Crippen LogP contribution in [0.25, 0.3) is 0 Å². The van der Waals surface area contributed by atoms with E-state index in [1.165, 1.54) is 6.42 Å². The predicted octanol–water partition coefficient (Wildman–Crippen LogP) is 2.53. The smallest absolute Gasteiger partial charge is 0.309 e. The fraction of sp³-hybridized carbons (Fsp3) is 0.929. The Morgan fingerprint density at radius 3 is 2.94 bits per heavy atom. The van der Waals surface area contributed by atoms with Gasteiger partial charge < -0.3 is 9.47 Å². The fourth-order valence-electron chi connectivity index (χ4n) is 4.12. The number of fused-ring (bicyclic) bond motifs is 1. The second kappa shape index (κ2) is 3.98. The quantitative estimate of drug-likeness (QED) is 0.709. The van der Waals surface area contributed by atoms with Gasteiger partial charge in [-0.1, -0.05) is 0 Å². The monoisotopic (exact) mass is 238 g/mol. The summed E-state index contributed by atoms with van der Waals surface area (Å²) in [6.45, 7) is 4.97. The highest BCUT2D eigenvalue weighted by Gasteiger charge is 2.52. The Balaban J connectivity index is 1.79. The first kappa shape index (κ1) is 11.5. The summed E-state index contributed by atoms with van der Waals surface area (Å²) < 4.78 is 11.4. The van der Waals surface area contributed by atoms with Crippen LogP contribution in [0.2, 0.25) is 0 Å². The van der Waals surface area contributed by atoms with Crippen molar-refractivity contribution in [3.8, 4) is 0 Å². The van der Waals surface area contributed by atoms with Crippen LogP contribution < -0.4 is 0 Å². The second-order valence-electron chi connectivity index (χ2n) is 6.57. The molecule has 4 bridgehead atoms. The third-order valence-electron chi connectivity index (χ3n) is 4.61. The highest BCUT2D eigenvalue weighted by atomic mass is 16.5. The van der Waals surface area contributed by atoms with Crippen LogP contribution in [0.3, 0.4) is 0 Å². The Labute approximate surface area is 103 Å². The summed E-state index contributed by atoms with van der Waals surface area (Å²) in [5.41, 5.74) is 0.229. The Morgan fingerprint density at radius 1 is 1.35 bits per heavy atom. The lowest BCUT2D eigenvalue weighted by Crippen LogP contribution is -2.43. The van der Waals surface area contributed by atoms with Gasteiger partial charge in [0.1, 0.15) is 6.10 Å². The van der Waals surface area contributed by atoms with Gasteiger partial charge >= 0.3 is 5.97 Å². The zero-order valence-electron chi connectivity index (χ0n) is 10.8. The second-order valence-corrected chi connectivity index (χ2v) is 6.57. The summed E-state index contributed by atoms with van der Waals surface area (Å²) >= 11 is 0. The van der Waals surface area contributed by atoms with Crippen LogP contribution in [0.5, 0.6) is 0 Å². The summed E-state index contributed by atoms with van der Waals surface area (Å²) in [4.78, 5) is 11.9. The highest BCUT2D eigenvalue weighted by Crippen LogP contribution is 2.54. The van der Waals surface area contributed by atoms with Gasteiger partial charge in [-0.25, -0.2) is 0 Å². The number of rotatable bonds is 3. The molecule has 2 heterocycles. The van der Waals surface area contributed by atoms with Crippen molar-refractivity contribution in [2.24, 2.45) is 17.3 Å². The molecule has 96 valence electrons. The van der Waals surface area contributed by atoms with E-state index in [1.54, 1.807) is 0 Å². The van der Waals surface area contributed by atoms with E-state index < -0.39 is 0 Å². The van der Waals surface area contributed by atoms with Crippen molar-refractivity contribution < 1.29 is 14.3 Å². The molecule has 2 saturated carbocycles. The number of ether oxygens (including phenoxy) is 2. The maximum Gasteiger partial charge on any atom is 0.309 e. The van der Waals surface area contributed by atoms with Gasteiger partial charge in [-0.2, -0.15) is 0 Å². The van der Waals surface area contributed by atoms with E-state index >= 15 is 0 Å². The average molecular weight is 238 g/mol. The third kappa shape index (κ3) is 2.10. The van der Waals surface area contributed by atoms with Crippen LogP contribution in [-0.2, 0) is 14.3 Å². The summed E-state index contributed by atoms with van der Waals surface area (Å²) in [7, 11) is 0. The molecular weight excluding hydrogens is 216 g/mol. The van der Waals surface area contributed by atoms with E-state index in [4.69, 9.17) is 9.47 Å². The van der Waals surface area contributed by atoms with Crippen molar-refractivity contribution in [1.82, 2.24) is 0 Å². The minimum Gasteiger partial charge on any atom is -0.462 e. The molecule has 2 saturated heterocycles. The largest absolute Gasteiger partial charge is 0.462 e. The molecule has 0 spiro atoms. The minimum absolute atomic E-state index is 0.0589. The molecule has 4 fully saturated rings. The molecule has 0 N–H and O–H groups in total. The SMILES string of the molecule is CC(C)OCC12CC3CC(C1)OC(=O)C(C3)C2. The van der Waals surface area contributed by atoms with Gasteiger partial charge in [-0.05, 0) is 57.3 Å². The molecule has 0 radical (unpaired) electrons. The normalized spacial score (nSPS) is 43.9. The molecule has 0 amide bonds. The van der Waals surface area contributed by atoms with Gasteiger partial charge in [0, 0.05) is 0 Å². The molecule has 2 aliphatic heterocycles. The first-order chi connectivity index (χ1) is 8.06. The third-order valence-corrected chi connectivity index (χ3v) is 4.61. The Hall–Kier alpha value is -0.570. The van der Waals surface area contributed by atoms with Crippen molar-refractivity contribution in [1.29, 1.82) is 0 Å².